The third-order valence-electron chi connectivity index (χ3n) is 3.13. The molecule has 0 aromatic heterocycles. The van der Waals surface area contributed by atoms with Crippen molar-refractivity contribution in [2.45, 2.75) is 6.42 Å². The Bertz CT molecular complexity index is 332. The summed E-state index contributed by atoms with van der Waals surface area (Å²) in [5.41, 5.74) is 0. The maximum atomic E-state index is 11.9. The highest BCUT2D eigenvalue weighted by atomic mass is 32.2. The fraction of sp³-hybridized carbons (Fsp3) is 1.00. The molecule has 0 radical (unpaired) electrons. The summed E-state index contributed by atoms with van der Waals surface area (Å²) in [6.45, 7) is 4.77. The molecule has 1 aliphatic heterocycles. The molecular weight excluding hydrogens is 284 g/mol. The Morgan fingerprint density at radius 3 is 2.58 bits per heavy atom. The molecule has 0 bridgehead atoms. The van der Waals surface area contributed by atoms with Gasteiger partial charge in [0.15, 0.2) is 0 Å². The smallest absolute Gasteiger partial charge is 0.279 e. The topological polar surface area (TPSA) is 64.7 Å². The third kappa shape index (κ3) is 6.92. The first-order valence-electron chi connectivity index (χ1n) is 6.72. The molecule has 0 aliphatic carbocycles. The van der Waals surface area contributed by atoms with E-state index in [1.54, 1.807) is 7.05 Å². The van der Waals surface area contributed by atoms with E-state index in [0.29, 0.717) is 13.1 Å². The number of nitrogens with one attached hydrogen (secondary N) is 2. The van der Waals surface area contributed by atoms with Crippen molar-refractivity contribution in [1.29, 1.82) is 0 Å². The molecule has 0 atom stereocenters. The summed E-state index contributed by atoms with van der Waals surface area (Å²) in [6, 6.07) is 0. The van der Waals surface area contributed by atoms with Crippen LogP contribution < -0.4 is 10.0 Å². The van der Waals surface area contributed by atoms with Gasteiger partial charge in [0, 0.05) is 51.3 Å². The maximum absolute atomic E-state index is 11.9. The van der Waals surface area contributed by atoms with Gasteiger partial charge in [-0.05, 0) is 20.0 Å². The Morgan fingerprint density at radius 1 is 1.26 bits per heavy atom. The first-order valence-corrected chi connectivity index (χ1v) is 9.31. The quantitative estimate of drug-likeness (QED) is 0.558. The molecule has 1 saturated heterocycles. The summed E-state index contributed by atoms with van der Waals surface area (Å²) in [6.07, 6.45) is 0.817. The lowest BCUT2D eigenvalue weighted by Crippen LogP contribution is -2.44. The molecule has 1 fully saturated rings. The van der Waals surface area contributed by atoms with Crippen molar-refractivity contribution in [1.82, 2.24) is 19.2 Å². The molecule has 19 heavy (non-hydrogen) atoms. The molecule has 8 heteroatoms. The van der Waals surface area contributed by atoms with Crippen molar-refractivity contribution in [3.63, 3.8) is 0 Å². The summed E-state index contributed by atoms with van der Waals surface area (Å²) < 4.78 is 27.9. The lowest BCUT2D eigenvalue weighted by atomic mass is 10.4. The van der Waals surface area contributed by atoms with E-state index in [0.717, 1.165) is 44.1 Å². The first kappa shape index (κ1) is 17.2. The summed E-state index contributed by atoms with van der Waals surface area (Å²) in [4.78, 5) is 2.31. The van der Waals surface area contributed by atoms with E-state index in [9.17, 15) is 8.42 Å². The van der Waals surface area contributed by atoms with E-state index in [1.807, 2.05) is 18.8 Å². The fourth-order valence-corrected chi connectivity index (χ4v) is 3.78. The number of thioether (sulfide) groups is 1. The summed E-state index contributed by atoms with van der Waals surface area (Å²) in [7, 11) is 0.167. The number of hydrogen-bond acceptors (Lipinski definition) is 5. The van der Waals surface area contributed by atoms with Crippen LogP contribution in [0.1, 0.15) is 6.42 Å². The second-order valence-corrected chi connectivity index (χ2v) is 7.72. The van der Waals surface area contributed by atoms with Crippen LogP contribution in [0.25, 0.3) is 0 Å². The van der Waals surface area contributed by atoms with Crippen molar-refractivity contribution >= 4 is 22.0 Å². The van der Waals surface area contributed by atoms with Crippen LogP contribution >= 0.6 is 11.8 Å². The Hall–Kier alpha value is 0.140. The molecule has 0 spiro atoms. The van der Waals surface area contributed by atoms with Gasteiger partial charge in [-0.2, -0.15) is 24.5 Å². The van der Waals surface area contributed by atoms with Crippen molar-refractivity contribution in [3.05, 3.63) is 0 Å². The number of nitrogens with zero attached hydrogens (tertiary/aromatic N) is 2. The highest BCUT2D eigenvalue weighted by Gasteiger charge is 2.17. The van der Waals surface area contributed by atoms with Gasteiger partial charge in [-0.1, -0.05) is 0 Å². The van der Waals surface area contributed by atoms with E-state index in [-0.39, 0.29) is 0 Å². The first-order chi connectivity index (χ1) is 9.06. The van der Waals surface area contributed by atoms with E-state index >= 15 is 0 Å². The molecule has 1 aliphatic rings. The molecule has 1 rings (SSSR count). The van der Waals surface area contributed by atoms with Crippen LogP contribution in [0.15, 0.2) is 0 Å². The van der Waals surface area contributed by atoms with Gasteiger partial charge in [-0.25, -0.2) is 4.72 Å². The van der Waals surface area contributed by atoms with Crippen molar-refractivity contribution in [2.24, 2.45) is 0 Å². The Labute approximate surface area is 121 Å². The molecule has 0 aromatic carbocycles. The maximum Gasteiger partial charge on any atom is 0.279 e. The van der Waals surface area contributed by atoms with Crippen molar-refractivity contribution in [2.75, 3.05) is 64.9 Å². The van der Waals surface area contributed by atoms with Crippen LogP contribution in [0.2, 0.25) is 0 Å². The van der Waals surface area contributed by atoms with Gasteiger partial charge < -0.3 is 10.2 Å². The highest BCUT2D eigenvalue weighted by molar-refractivity contribution is 7.99. The van der Waals surface area contributed by atoms with Crippen LogP contribution in [0.4, 0.5) is 0 Å². The zero-order chi connectivity index (χ0) is 14.1. The van der Waals surface area contributed by atoms with Gasteiger partial charge in [0.2, 0.25) is 0 Å². The van der Waals surface area contributed by atoms with Crippen LogP contribution in [-0.4, -0.2) is 82.5 Å². The highest BCUT2D eigenvalue weighted by Crippen LogP contribution is 2.08. The van der Waals surface area contributed by atoms with Gasteiger partial charge in [-0.15, -0.1) is 0 Å². The average Bonchev–Trinajstić information content (AvgIpc) is 2.40. The minimum atomic E-state index is -3.32. The largest absolute Gasteiger partial charge is 0.320 e. The van der Waals surface area contributed by atoms with Gasteiger partial charge in [0.05, 0.1) is 0 Å². The minimum Gasteiger partial charge on any atom is -0.320 e. The predicted octanol–water partition coefficient (Wildman–Crippen LogP) is -0.589. The molecule has 114 valence electrons. The van der Waals surface area contributed by atoms with Gasteiger partial charge in [0.1, 0.15) is 0 Å². The van der Waals surface area contributed by atoms with Crippen LogP contribution in [0.3, 0.4) is 0 Å². The average molecular weight is 310 g/mol. The molecule has 6 nitrogen and oxygen atoms in total. The van der Waals surface area contributed by atoms with Crippen LogP contribution in [-0.2, 0) is 10.2 Å². The number of rotatable bonds is 9. The molecule has 1 heterocycles. The van der Waals surface area contributed by atoms with Gasteiger partial charge >= 0.3 is 0 Å². The second kappa shape index (κ2) is 9.15. The molecule has 0 aromatic rings. The van der Waals surface area contributed by atoms with E-state index in [1.165, 1.54) is 4.31 Å². The predicted molar refractivity (Wildman–Crippen MR) is 81.9 cm³/mol. The summed E-state index contributed by atoms with van der Waals surface area (Å²) >= 11 is 1.96. The number of hydrogen-bond donors (Lipinski definition) is 2. The molecule has 0 unspecified atom stereocenters. The normalized spacial score (nSPS) is 18.1. The van der Waals surface area contributed by atoms with Gasteiger partial charge in [0.25, 0.3) is 10.2 Å². The Kier molecular flexibility index (Phi) is 8.27. The Balaban J connectivity index is 2.21. The zero-order valence-electron chi connectivity index (χ0n) is 11.9. The second-order valence-electron chi connectivity index (χ2n) is 4.63. The minimum absolute atomic E-state index is 0.489. The molecule has 2 N–H and O–H groups in total. The lowest BCUT2D eigenvalue weighted by molar-refractivity contribution is 0.306. The zero-order valence-corrected chi connectivity index (χ0v) is 13.5. The van der Waals surface area contributed by atoms with Crippen LogP contribution in [0, 0.1) is 0 Å². The molecular formula is C11H26N4O2S2. The van der Waals surface area contributed by atoms with E-state index in [4.69, 9.17) is 0 Å². The van der Waals surface area contributed by atoms with Crippen LogP contribution in [0.5, 0.6) is 0 Å². The SMILES string of the molecule is CNCCCN(C)S(=O)(=O)NCCN1CCSCC1. The standard InChI is InChI=1S/C11H26N4O2S2/c1-12-4-3-6-14(2)19(16,17)13-5-7-15-8-10-18-11-9-15/h12-13H,3-11H2,1-2H3. The monoisotopic (exact) mass is 310 g/mol. The third-order valence-corrected chi connectivity index (χ3v) is 5.64. The summed E-state index contributed by atoms with van der Waals surface area (Å²) in [5, 5.41) is 3.01. The fourth-order valence-electron chi connectivity index (χ4n) is 1.87. The van der Waals surface area contributed by atoms with Crippen molar-refractivity contribution < 1.29 is 8.42 Å². The van der Waals surface area contributed by atoms with Crippen molar-refractivity contribution in [3.8, 4) is 0 Å². The van der Waals surface area contributed by atoms with E-state index in [2.05, 4.69) is 14.9 Å². The molecule has 0 saturated carbocycles. The Morgan fingerprint density at radius 2 is 1.95 bits per heavy atom. The van der Waals surface area contributed by atoms with E-state index < -0.39 is 10.2 Å². The van der Waals surface area contributed by atoms with Gasteiger partial charge in [-0.3, -0.25) is 0 Å². The summed E-state index contributed by atoms with van der Waals surface area (Å²) in [5.74, 6) is 2.30. The lowest BCUT2D eigenvalue weighted by Gasteiger charge is -2.26. The molecule has 0 amide bonds.